The fourth-order valence-electron chi connectivity index (χ4n) is 3.02. The first-order valence-corrected chi connectivity index (χ1v) is 6.15. The fourth-order valence-corrected chi connectivity index (χ4v) is 3.02. The molecule has 0 amide bonds. The lowest BCUT2D eigenvalue weighted by atomic mass is 9.89. The summed E-state index contributed by atoms with van der Waals surface area (Å²) < 4.78 is 5.46. The summed E-state index contributed by atoms with van der Waals surface area (Å²) in [7, 11) is 2.11. The van der Waals surface area contributed by atoms with Crippen molar-refractivity contribution in [1.82, 2.24) is 5.32 Å². The zero-order valence-corrected chi connectivity index (χ0v) is 9.30. The third-order valence-electron chi connectivity index (χ3n) is 3.97. The van der Waals surface area contributed by atoms with E-state index in [1.54, 1.807) is 0 Å². The monoisotopic (exact) mass is 197 g/mol. The molecule has 2 heteroatoms. The molecule has 1 N–H and O–H groups in total. The lowest BCUT2D eigenvalue weighted by molar-refractivity contribution is 0.173. The molecular weight excluding hydrogens is 174 g/mol. The summed E-state index contributed by atoms with van der Waals surface area (Å²) >= 11 is 0. The maximum Gasteiger partial charge on any atom is 0.0510 e. The molecule has 1 heterocycles. The number of hydrogen-bond acceptors (Lipinski definition) is 2. The summed E-state index contributed by atoms with van der Waals surface area (Å²) in [6.45, 7) is 1.96. The highest BCUT2D eigenvalue weighted by Crippen LogP contribution is 2.31. The minimum absolute atomic E-state index is 0.709. The molecule has 0 spiro atoms. The van der Waals surface area contributed by atoms with E-state index in [9.17, 15) is 0 Å². The summed E-state index contributed by atoms with van der Waals surface area (Å²) in [4.78, 5) is 0. The molecule has 2 rings (SSSR count). The Morgan fingerprint density at radius 2 is 2.07 bits per heavy atom. The van der Waals surface area contributed by atoms with Gasteiger partial charge in [-0.25, -0.2) is 0 Å². The Morgan fingerprint density at radius 1 is 1.29 bits per heavy atom. The highest BCUT2D eigenvalue weighted by Gasteiger charge is 2.27. The van der Waals surface area contributed by atoms with Crippen molar-refractivity contribution in [2.45, 2.75) is 44.6 Å². The first kappa shape index (κ1) is 10.4. The molecule has 1 saturated heterocycles. The van der Waals surface area contributed by atoms with Crippen molar-refractivity contribution in [3.05, 3.63) is 0 Å². The number of ether oxygens (including phenoxy) is 1. The van der Waals surface area contributed by atoms with Crippen LogP contribution in [-0.2, 0) is 4.74 Å². The first-order valence-electron chi connectivity index (χ1n) is 6.15. The number of nitrogens with one attached hydrogen (secondary N) is 1. The molecule has 14 heavy (non-hydrogen) atoms. The van der Waals surface area contributed by atoms with Gasteiger partial charge in [0.05, 0.1) is 6.61 Å². The van der Waals surface area contributed by atoms with Crippen LogP contribution in [0.3, 0.4) is 0 Å². The molecule has 1 aliphatic heterocycles. The summed E-state index contributed by atoms with van der Waals surface area (Å²) in [5.41, 5.74) is 0. The van der Waals surface area contributed by atoms with Gasteiger partial charge in [0.15, 0.2) is 0 Å². The molecule has 0 aromatic carbocycles. The van der Waals surface area contributed by atoms with Gasteiger partial charge in [-0.1, -0.05) is 25.7 Å². The van der Waals surface area contributed by atoms with Crippen LogP contribution in [0.4, 0.5) is 0 Å². The molecule has 2 fully saturated rings. The molecule has 2 atom stereocenters. The SMILES string of the molecule is CNC(CC1CCCC1)C1CCOC1. The molecular formula is C12H23NO. The van der Waals surface area contributed by atoms with Crippen LogP contribution in [-0.4, -0.2) is 26.3 Å². The third-order valence-corrected chi connectivity index (χ3v) is 3.97. The summed E-state index contributed by atoms with van der Waals surface area (Å²) in [6, 6.07) is 0.709. The maximum absolute atomic E-state index is 5.46. The van der Waals surface area contributed by atoms with Crippen molar-refractivity contribution in [2.75, 3.05) is 20.3 Å². The fraction of sp³-hybridized carbons (Fsp3) is 1.00. The third kappa shape index (κ3) is 2.48. The second kappa shape index (κ2) is 5.13. The standard InChI is InChI=1S/C12H23NO/c1-13-12(11-6-7-14-9-11)8-10-4-2-3-5-10/h10-13H,2-9H2,1H3. The van der Waals surface area contributed by atoms with Crippen LogP contribution >= 0.6 is 0 Å². The van der Waals surface area contributed by atoms with E-state index in [1.807, 2.05) is 0 Å². The Bertz CT molecular complexity index is 160. The van der Waals surface area contributed by atoms with Gasteiger partial charge in [0.1, 0.15) is 0 Å². The van der Waals surface area contributed by atoms with Gasteiger partial charge in [-0.15, -0.1) is 0 Å². The number of hydrogen-bond donors (Lipinski definition) is 1. The highest BCUT2D eigenvalue weighted by atomic mass is 16.5. The highest BCUT2D eigenvalue weighted by molar-refractivity contribution is 4.82. The van der Waals surface area contributed by atoms with Gasteiger partial charge in [0.25, 0.3) is 0 Å². The van der Waals surface area contributed by atoms with Crippen LogP contribution in [0.15, 0.2) is 0 Å². The van der Waals surface area contributed by atoms with Crippen LogP contribution < -0.4 is 5.32 Å². The Balaban J connectivity index is 1.79. The lowest BCUT2D eigenvalue weighted by Gasteiger charge is -2.24. The van der Waals surface area contributed by atoms with Crippen molar-refractivity contribution in [1.29, 1.82) is 0 Å². The van der Waals surface area contributed by atoms with E-state index in [1.165, 1.54) is 38.5 Å². The van der Waals surface area contributed by atoms with Gasteiger partial charge in [-0.2, -0.15) is 0 Å². The molecule has 0 radical (unpaired) electrons. The topological polar surface area (TPSA) is 21.3 Å². The van der Waals surface area contributed by atoms with E-state index >= 15 is 0 Å². The van der Waals surface area contributed by atoms with Crippen molar-refractivity contribution in [2.24, 2.45) is 11.8 Å². The Kier molecular flexibility index (Phi) is 3.82. The molecule has 82 valence electrons. The van der Waals surface area contributed by atoms with E-state index < -0.39 is 0 Å². The minimum Gasteiger partial charge on any atom is -0.381 e. The molecule has 1 saturated carbocycles. The molecule has 1 aliphatic carbocycles. The lowest BCUT2D eigenvalue weighted by Crippen LogP contribution is -2.35. The summed E-state index contributed by atoms with van der Waals surface area (Å²) in [5.74, 6) is 1.77. The molecule has 0 aromatic heterocycles. The molecule has 0 aromatic rings. The van der Waals surface area contributed by atoms with Crippen LogP contribution in [0.1, 0.15) is 38.5 Å². The zero-order valence-electron chi connectivity index (χ0n) is 9.30. The van der Waals surface area contributed by atoms with E-state index in [0.29, 0.717) is 6.04 Å². The van der Waals surface area contributed by atoms with E-state index in [0.717, 1.165) is 25.0 Å². The van der Waals surface area contributed by atoms with Gasteiger partial charge in [0, 0.05) is 12.6 Å². The normalized spacial score (nSPS) is 31.1. The van der Waals surface area contributed by atoms with E-state index in [2.05, 4.69) is 12.4 Å². The molecule has 2 unspecified atom stereocenters. The average Bonchev–Trinajstić information content (AvgIpc) is 2.86. The molecule has 2 aliphatic rings. The largest absolute Gasteiger partial charge is 0.381 e. The van der Waals surface area contributed by atoms with E-state index in [-0.39, 0.29) is 0 Å². The van der Waals surface area contributed by atoms with Crippen molar-refractivity contribution in [3.8, 4) is 0 Å². The van der Waals surface area contributed by atoms with Crippen molar-refractivity contribution < 1.29 is 4.74 Å². The Morgan fingerprint density at radius 3 is 2.64 bits per heavy atom. The van der Waals surface area contributed by atoms with E-state index in [4.69, 9.17) is 4.74 Å². The quantitative estimate of drug-likeness (QED) is 0.746. The first-order chi connectivity index (χ1) is 6.90. The predicted molar refractivity (Wildman–Crippen MR) is 58.3 cm³/mol. The minimum atomic E-state index is 0.709. The van der Waals surface area contributed by atoms with Crippen LogP contribution in [0, 0.1) is 11.8 Å². The van der Waals surface area contributed by atoms with Gasteiger partial charge < -0.3 is 10.1 Å². The number of rotatable bonds is 4. The smallest absolute Gasteiger partial charge is 0.0510 e. The average molecular weight is 197 g/mol. The maximum atomic E-state index is 5.46. The second-order valence-electron chi connectivity index (χ2n) is 4.91. The van der Waals surface area contributed by atoms with Gasteiger partial charge in [0.2, 0.25) is 0 Å². The van der Waals surface area contributed by atoms with Crippen LogP contribution in [0.5, 0.6) is 0 Å². The Hall–Kier alpha value is -0.0800. The van der Waals surface area contributed by atoms with Crippen molar-refractivity contribution in [3.63, 3.8) is 0 Å². The van der Waals surface area contributed by atoms with Crippen LogP contribution in [0.2, 0.25) is 0 Å². The molecule has 0 bridgehead atoms. The summed E-state index contributed by atoms with van der Waals surface area (Å²) in [5, 5.41) is 3.49. The second-order valence-corrected chi connectivity index (χ2v) is 4.91. The summed E-state index contributed by atoms with van der Waals surface area (Å²) in [6.07, 6.45) is 8.49. The Labute approximate surface area is 87.4 Å². The predicted octanol–water partition coefficient (Wildman–Crippen LogP) is 2.19. The van der Waals surface area contributed by atoms with Crippen LogP contribution in [0.25, 0.3) is 0 Å². The zero-order chi connectivity index (χ0) is 9.80. The van der Waals surface area contributed by atoms with Gasteiger partial charge in [-0.05, 0) is 31.7 Å². The van der Waals surface area contributed by atoms with Gasteiger partial charge >= 0.3 is 0 Å². The van der Waals surface area contributed by atoms with Crippen molar-refractivity contribution >= 4 is 0 Å². The molecule has 2 nitrogen and oxygen atoms in total. The van der Waals surface area contributed by atoms with Gasteiger partial charge in [-0.3, -0.25) is 0 Å².